The highest BCUT2D eigenvalue weighted by Gasteiger charge is 2.23. The molecule has 0 aliphatic rings. The second-order valence-corrected chi connectivity index (χ2v) is 10.3. The molecule has 0 saturated heterocycles. The molecule has 1 aromatic heterocycles. The van der Waals surface area contributed by atoms with Gasteiger partial charge in [-0.2, -0.15) is 0 Å². The second kappa shape index (κ2) is 8.42. The number of furan rings is 1. The van der Waals surface area contributed by atoms with Crippen molar-refractivity contribution in [2.24, 2.45) is 0 Å². The topological polar surface area (TPSA) is 123 Å². The molecule has 3 aromatic rings. The van der Waals surface area contributed by atoms with Gasteiger partial charge in [-0.15, -0.1) is 0 Å². The van der Waals surface area contributed by atoms with Gasteiger partial charge in [-0.1, -0.05) is 42.5 Å². The van der Waals surface area contributed by atoms with Crippen LogP contribution in [-0.4, -0.2) is 36.0 Å². The van der Waals surface area contributed by atoms with Gasteiger partial charge in [0.2, 0.25) is 5.09 Å². The van der Waals surface area contributed by atoms with Crippen LogP contribution in [0.25, 0.3) is 0 Å². The SMILES string of the molecule is CNS(=O)(=O)c1ccc(C(=O)NC(c2ccccc2)c2cccc(S(C)(=O)=O)c2)o1. The molecule has 0 fully saturated rings. The highest BCUT2D eigenvalue weighted by molar-refractivity contribution is 7.90. The smallest absolute Gasteiger partial charge is 0.287 e. The molecule has 10 heteroatoms. The first-order valence-corrected chi connectivity index (χ1v) is 12.2. The van der Waals surface area contributed by atoms with Crippen LogP contribution in [0.3, 0.4) is 0 Å². The highest BCUT2D eigenvalue weighted by Crippen LogP contribution is 2.25. The molecule has 0 bridgehead atoms. The lowest BCUT2D eigenvalue weighted by atomic mass is 9.98. The summed E-state index contributed by atoms with van der Waals surface area (Å²) >= 11 is 0. The number of rotatable bonds is 7. The minimum absolute atomic E-state index is 0.121. The van der Waals surface area contributed by atoms with E-state index in [1.54, 1.807) is 36.4 Å². The summed E-state index contributed by atoms with van der Waals surface area (Å²) in [6.07, 6.45) is 1.11. The van der Waals surface area contributed by atoms with Crippen LogP contribution < -0.4 is 10.0 Å². The zero-order chi connectivity index (χ0) is 21.9. The Balaban J connectivity index is 1.98. The molecule has 1 heterocycles. The molecule has 0 aliphatic carbocycles. The molecule has 30 heavy (non-hydrogen) atoms. The number of sulfone groups is 1. The van der Waals surface area contributed by atoms with Crippen molar-refractivity contribution < 1.29 is 26.0 Å². The average molecular weight is 449 g/mol. The molecule has 2 aromatic carbocycles. The first-order chi connectivity index (χ1) is 14.1. The van der Waals surface area contributed by atoms with Crippen LogP contribution in [0.4, 0.5) is 0 Å². The van der Waals surface area contributed by atoms with Crippen molar-refractivity contribution in [3.05, 3.63) is 83.6 Å². The molecule has 0 radical (unpaired) electrons. The van der Waals surface area contributed by atoms with Crippen LogP contribution in [0, 0.1) is 0 Å². The molecule has 8 nitrogen and oxygen atoms in total. The zero-order valence-electron chi connectivity index (χ0n) is 16.2. The molecule has 1 atom stereocenters. The fraction of sp³-hybridized carbons (Fsp3) is 0.150. The third-order valence-corrected chi connectivity index (χ3v) is 6.76. The molecule has 0 aliphatic heterocycles. The first-order valence-electron chi connectivity index (χ1n) is 8.81. The molecule has 2 N–H and O–H groups in total. The minimum atomic E-state index is -3.83. The summed E-state index contributed by atoms with van der Waals surface area (Å²) in [5.74, 6) is -0.838. The van der Waals surface area contributed by atoms with Gasteiger partial charge in [0.1, 0.15) is 0 Å². The number of nitrogens with one attached hydrogen (secondary N) is 2. The molecule has 0 spiro atoms. The summed E-state index contributed by atoms with van der Waals surface area (Å²) in [5, 5.41) is 2.40. The average Bonchev–Trinajstić information content (AvgIpc) is 3.23. The second-order valence-electron chi connectivity index (χ2n) is 6.49. The number of amides is 1. The lowest BCUT2D eigenvalue weighted by Crippen LogP contribution is -2.29. The lowest BCUT2D eigenvalue weighted by Gasteiger charge is -2.20. The van der Waals surface area contributed by atoms with Crippen molar-refractivity contribution in [1.29, 1.82) is 0 Å². The van der Waals surface area contributed by atoms with Gasteiger partial charge in [0, 0.05) is 6.26 Å². The summed E-state index contributed by atoms with van der Waals surface area (Å²) in [6, 6.07) is 17.0. The molecule has 1 amide bonds. The summed E-state index contributed by atoms with van der Waals surface area (Å²) in [4.78, 5) is 12.9. The van der Waals surface area contributed by atoms with Crippen molar-refractivity contribution in [3.8, 4) is 0 Å². The standard InChI is InChI=1S/C20H20N2O6S2/c1-21-30(26,27)18-12-11-17(28-18)20(23)22-19(14-7-4-3-5-8-14)15-9-6-10-16(13-15)29(2,24)25/h3-13,19,21H,1-2H3,(H,22,23). The first kappa shape index (κ1) is 21.8. The maximum atomic E-state index is 12.8. The van der Waals surface area contributed by atoms with Crippen molar-refractivity contribution in [2.75, 3.05) is 13.3 Å². The lowest BCUT2D eigenvalue weighted by molar-refractivity contribution is 0.0909. The Morgan fingerprint density at radius 2 is 1.57 bits per heavy atom. The van der Waals surface area contributed by atoms with E-state index >= 15 is 0 Å². The van der Waals surface area contributed by atoms with Crippen molar-refractivity contribution >= 4 is 25.8 Å². The fourth-order valence-corrected chi connectivity index (χ4v) is 4.14. The Hall–Kier alpha value is -2.95. The number of hydrogen-bond donors (Lipinski definition) is 2. The van der Waals surface area contributed by atoms with Crippen LogP contribution in [0.15, 0.2) is 81.1 Å². The fourth-order valence-electron chi connectivity index (χ4n) is 2.82. The van der Waals surface area contributed by atoms with Crippen molar-refractivity contribution in [3.63, 3.8) is 0 Å². The molecule has 0 saturated carbocycles. The van der Waals surface area contributed by atoms with Gasteiger partial charge < -0.3 is 9.73 Å². The predicted octanol–water partition coefficient (Wildman–Crippen LogP) is 2.11. The van der Waals surface area contributed by atoms with Gasteiger partial charge in [-0.25, -0.2) is 21.6 Å². The van der Waals surface area contributed by atoms with Crippen LogP contribution in [0.5, 0.6) is 0 Å². The van der Waals surface area contributed by atoms with E-state index in [1.165, 1.54) is 31.3 Å². The number of hydrogen-bond acceptors (Lipinski definition) is 6. The van der Waals surface area contributed by atoms with E-state index < -0.39 is 31.8 Å². The van der Waals surface area contributed by atoms with Gasteiger partial charge in [-0.3, -0.25) is 4.79 Å². The van der Waals surface area contributed by atoms with Gasteiger partial charge in [0.25, 0.3) is 15.9 Å². The number of sulfonamides is 1. The summed E-state index contributed by atoms with van der Waals surface area (Å²) in [5.41, 5.74) is 1.26. The Kier molecular flexibility index (Phi) is 6.11. The highest BCUT2D eigenvalue weighted by atomic mass is 32.2. The maximum absolute atomic E-state index is 12.8. The summed E-state index contributed by atoms with van der Waals surface area (Å²) < 4.78 is 54.9. The van der Waals surface area contributed by atoms with E-state index in [-0.39, 0.29) is 15.7 Å². The van der Waals surface area contributed by atoms with Crippen LogP contribution in [0.2, 0.25) is 0 Å². The van der Waals surface area contributed by atoms with E-state index in [0.29, 0.717) is 11.1 Å². The molecular weight excluding hydrogens is 428 g/mol. The minimum Gasteiger partial charge on any atom is -0.438 e. The summed E-state index contributed by atoms with van der Waals surface area (Å²) in [7, 11) is -6.04. The molecular formula is C20H20N2O6S2. The Labute approximate surface area is 174 Å². The quantitative estimate of drug-likeness (QED) is 0.571. The largest absolute Gasteiger partial charge is 0.438 e. The third kappa shape index (κ3) is 4.78. The zero-order valence-corrected chi connectivity index (χ0v) is 17.8. The Morgan fingerprint density at radius 3 is 2.20 bits per heavy atom. The van der Waals surface area contributed by atoms with Crippen LogP contribution in [0.1, 0.15) is 27.7 Å². The van der Waals surface area contributed by atoms with Gasteiger partial charge in [-0.05, 0) is 42.4 Å². The molecule has 3 rings (SSSR count). The number of benzene rings is 2. The van der Waals surface area contributed by atoms with Crippen molar-refractivity contribution in [1.82, 2.24) is 10.0 Å². The van der Waals surface area contributed by atoms with E-state index in [9.17, 15) is 21.6 Å². The molecule has 1 unspecified atom stereocenters. The summed E-state index contributed by atoms with van der Waals surface area (Å²) in [6.45, 7) is 0. The van der Waals surface area contributed by atoms with Crippen molar-refractivity contribution in [2.45, 2.75) is 16.0 Å². The Morgan fingerprint density at radius 1 is 0.900 bits per heavy atom. The number of carbonyl (C=O) groups is 1. The third-order valence-electron chi connectivity index (χ3n) is 4.37. The molecule has 158 valence electrons. The van der Waals surface area contributed by atoms with Crippen LogP contribution in [-0.2, 0) is 19.9 Å². The Bertz CT molecular complexity index is 1270. The van der Waals surface area contributed by atoms with Gasteiger partial charge in [0.15, 0.2) is 15.6 Å². The van der Waals surface area contributed by atoms with E-state index in [2.05, 4.69) is 10.0 Å². The van der Waals surface area contributed by atoms with E-state index in [4.69, 9.17) is 4.42 Å². The van der Waals surface area contributed by atoms with E-state index in [0.717, 1.165) is 6.26 Å². The maximum Gasteiger partial charge on any atom is 0.287 e. The van der Waals surface area contributed by atoms with Crippen LogP contribution >= 0.6 is 0 Å². The normalized spacial score (nSPS) is 13.0. The monoisotopic (exact) mass is 448 g/mol. The van der Waals surface area contributed by atoms with Gasteiger partial charge >= 0.3 is 0 Å². The predicted molar refractivity (Wildman–Crippen MR) is 110 cm³/mol. The van der Waals surface area contributed by atoms with Gasteiger partial charge in [0.05, 0.1) is 10.9 Å². The van der Waals surface area contributed by atoms with E-state index in [1.807, 2.05) is 6.07 Å². The number of carbonyl (C=O) groups excluding carboxylic acids is 1.